The predicted octanol–water partition coefficient (Wildman–Crippen LogP) is 3.90. The zero-order chi connectivity index (χ0) is 17.5. The van der Waals surface area contributed by atoms with Gasteiger partial charge in [0, 0.05) is 11.6 Å². The van der Waals surface area contributed by atoms with E-state index in [9.17, 15) is 14.9 Å². The van der Waals surface area contributed by atoms with Crippen LogP contribution in [0.1, 0.15) is 22.8 Å². The number of benzene rings is 2. The summed E-state index contributed by atoms with van der Waals surface area (Å²) in [5, 5.41) is 11.0. The summed E-state index contributed by atoms with van der Waals surface area (Å²) in [6.45, 7) is 2.44. The Morgan fingerprint density at radius 2 is 1.92 bits per heavy atom. The van der Waals surface area contributed by atoms with Gasteiger partial charge in [-0.1, -0.05) is 12.1 Å². The SMILES string of the molecule is CCOc1ccc(C(=O)/C=C/c2ccc(OC)c([N+](=O)[O-])c2)cc1. The van der Waals surface area contributed by atoms with Gasteiger partial charge >= 0.3 is 5.69 Å². The van der Waals surface area contributed by atoms with E-state index in [1.54, 1.807) is 30.3 Å². The first-order valence-electron chi connectivity index (χ1n) is 7.33. The zero-order valence-electron chi connectivity index (χ0n) is 13.4. The Morgan fingerprint density at radius 3 is 2.50 bits per heavy atom. The molecule has 0 amide bonds. The molecule has 6 nitrogen and oxygen atoms in total. The molecule has 2 rings (SSSR count). The van der Waals surface area contributed by atoms with E-state index in [4.69, 9.17) is 9.47 Å². The van der Waals surface area contributed by atoms with Crippen molar-refractivity contribution in [1.29, 1.82) is 0 Å². The Bertz CT molecular complexity index is 765. The van der Waals surface area contributed by atoms with Gasteiger partial charge in [-0.25, -0.2) is 0 Å². The molecular formula is C18H17NO5. The molecule has 0 radical (unpaired) electrons. The summed E-state index contributed by atoms with van der Waals surface area (Å²) in [7, 11) is 1.37. The fraction of sp³-hybridized carbons (Fsp3) is 0.167. The van der Waals surface area contributed by atoms with Crippen molar-refractivity contribution < 1.29 is 19.2 Å². The molecule has 0 spiro atoms. The standard InChI is InChI=1S/C18H17NO5/c1-3-24-15-8-6-14(7-9-15)17(20)10-4-13-5-11-18(23-2)16(12-13)19(21)22/h4-12H,3H2,1-2H3/b10-4+. The number of carbonyl (C=O) groups excluding carboxylic acids is 1. The van der Waals surface area contributed by atoms with Crippen LogP contribution < -0.4 is 9.47 Å². The average Bonchev–Trinajstić information content (AvgIpc) is 2.60. The largest absolute Gasteiger partial charge is 0.494 e. The van der Waals surface area contributed by atoms with Gasteiger partial charge in [-0.2, -0.15) is 0 Å². The molecule has 124 valence electrons. The number of nitrogens with zero attached hydrogens (tertiary/aromatic N) is 1. The lowest BCUT2D eigenvalue weighted by Gasteiger charge is -2.03. The number of allylic oxidation sites excluding steroid dienone is 1. The summed E-state index contributed by atoms with van der Waals surface area (Å²) >= 11 is 0. The van der Waals surface area contributed by atoms with Crippen LogP contribution in [0.3, 0.4) is 0 Å². The van der Waals surface area contributed by atoms with Crippen LogP contribution in [0, 0.1) is 10.1 Å². The van der Waals surface area contributed by atoms with Crippen molar-refractivity contribution in [3.05, 3.63) is 69.8 Å². The smallest absolute Gasteiger partial charge is 0.311 e. The first kappa shape index (κ1) is 17.2. The number of hydrogen-bond donors (Lipinski definition) is 0. The van der Waals surface area contributed by atoms with Gasteiger partial charge in [0.1, 0.15) is 5.75 Å². The summed E-state index contributed by atoms with van der Waals surface area (Å²) in [6, 6.07) is 11.3. The summed E-state index contributed by atoms with van der Waals surface area (Å²) in [6.07, 6.45) is 2.91. The summed E-state index contributed by atoms with van der Waals surface area (Å²) < 4.78 is 10.3. The maximum absolute atomic E-state index is 12.1. The minimum atomic E-state index is -0.523. The van der Waals surface area contributed by atoms with E-state index in [0.717, 1.165) is 0 Å². The number of methoxy groups -OCH3 is 1. The second-order valence-corrected chi connectivity index (χ2v) is 4.84. The number of ether oxygens (including phenoxy) is 2. The third kappa shape index (κ3) is 4.19. The van der Waals surface area contributed by atoms with Crippen LogP contribution in [0.5, 0.6) is 11.5 Å². The van der Waals surface area contributed by atoms with Crippen molar-refractivity contribution in [2.45, 2.75) is 6.92 Å². The van der Waals surface area contributed by atoms with Crippen molar-refractivity contribution in [3.8, 4) is 11.5 Å². The molecule has 0 aliphatic carbocycles. The van der Waals surface area contributed by atoms with Crippen LogP contribution in [0.25, 0.3) is 6.08 Å². The van der Waals surface area contributed by atoms with Crippen molar-refractivity contribution in [2.24, 2.45) is 0 Å². The third-order valence-electron chi connectivity index (χ3n) is 3.28. The van der Waals surface area contributed by atoms with Gasteiger partial charge in [0.15, 0.2) is 11.5 Å². The molecule has 0 atom stereocenters. The summed E-state index contributed by atoms with van der Waals surface area (Å²) in [5.41, 5.74) is 0.910. The molecule has 2 aromatic rings. The highest BCUT2D eigenvalue weighted by molar-refractivity contribution is 6.06. The molecule has 2 aromatic carbocycles. The van der Waals surface area contributed by atoms with Gasteiger partial charge in [-0.15, -0.1) is 0 Å². The Kier molecular flexibility index (Phi) is 5.68. The predicted molar refractivity (Wildman–Crippen MR) is 90.6 cm³/mol. The third-order valence-corrected chi connectivity index (χ3v) is 3.28. The molecule has 0 aliphatic rings. The van der Waals surface area contributed by atoms with E-state index in [-0.39, 0.29) is 17.2 Å². The molecule has 6 heteroatoms. The maximum Gasteiger partial charge on any atom is 0.311 e. The fourth-order valence-corrected chi connectivity index (χ4v) is 2.10. The first-order chi connectivity index (χ1) is 11.5. The lowest BCUT2D eigenvalue weighted by molar-refractivity contribution is -0.385. The Labute approximate surface area is 139 Å². The van der Waals surface area contributed by atoms with Gasteiger partial charge in [-0.05, 0) is 48.9 Å². The van der Waals surface area contributed by atoms with E-state index in [1.807, 2.05) is 6.92 Å². The van der Waals surface area contributed by atoms with Crippen molar-refractivity contribution in [2.75, 3.05) is 13.7 Å². The maximum atomic E-state index is 12.1. The monoisotopic (exact) mass is 327 g/mol. The number of nitro groups is 1. The molecule has 0 saturated heterocycles. The van der Waals surface area contributed by atoms with Crippen molar-refractivity contribution in [3.63, 3.8) is 0 Å². The van der Waals surface area contributed by atoms with Crippen LogP contribution in [0.2, 0.25) is 0 Å². The highest BCUT2D eigenvalue weighted by Crippen LogP contribution is 2.28. The zero-order valence-corrected chi connectivity index (χ0v) is 13.4. The number of hydrogen-bond acceptors (Lipinski definition) is 5. The van der Waals surface area contributed by atoms with Crippen LogP contribution in [0.4, 0.5) is 5.69 Å². The molecule has 24 heavy (non-hydrogen) atoms. The minimum Gasteiger partial charge on any atom is -0.494 e. The molecule has 0 bridgehead atoms. The molecule has 0 aliphatic heterocycles. The second-order valence-electron chi connectivity index (χ2n) is 4.84. The minimum absolute atomic E-state index is 0.145. The number of ketones is 1. The van der Waals surface area contributed by atoms with Crippen LogP contribution in [0.15, 0.2) is 48.5 Å². The number of rotatable bonds is 7. The van der Waals surface area contributed by atoms with Crippen molar-refractivity contribution >= 4 is 17.5 Å². The summed E-state index contributed by atoms with van der Waals surface area (Å²) in [4.78, 5) is 22.6. The Balaban J connectivity index is 2.16. The highest BCUT2D eigenvalue weighted by atomic mass is 16.6. The topological polar surface area (TPSA) is 78.7 Å². The van der Waals surface area contributed by atoms with E-state index in [1.165, 1.54) is 31.4 Å². The number of nitro benzene ring substituents is 1. The first-order valence-corrected chi connectivity index (χ1v) is 7.33. The molecule has 0 saturated carbocycles. The van der Waals surface area contributed by atoms with Gasteiger partial charge in [0.25, 0.3) is 0 Å². The fourth-order valence-electron chi connectivity index (χ4n) is 2.10. The van der Waals surface area contributed by atoms with Gasteiger partial charge in [-0.3, -0.25) is 14.9 Å². The van der Waals surface area contributed by atoms with E-state index in [0.29, 0.717) is 23.5 Å². The quantitative estimate of drug-likeness (QED) is 0.333. The van der Waals surface area contributed by atoms with Crippen LogP contribution >= 0.6 is 0 Å². The van der Waals surface area contributed by atoms with Gasteiger partial charge < -0.3 is 9.47 Å². The lowest BCUT2D eigenvalue weighted by atomic mass is 10.1. The number of carbonyl (C=O) groups is 1. The Morgan fingerprint density at radius 1 is 1.21 bits per heavy atom. The Hall–Kier alpha value is -3.15. The van der Waals surface area contributed by atoms with Gasteiger partial charge in [0.05, 0.1) is 18.6 Å². The normalized spacial score (nSPS) is 10.6. The van der Waals surface area contributed by atoms with Gasteiger partial charge in [0.2, 0.25) is 0 Å². The highest BCUT2D eigenvalue weighted by Gasteiger charge is 2.14. The van der Waals surface area contributed by atoms with E-state index < -0.39 is 4.92 Å². The van der Waals surface area contributed by atoms with Crippen LogP contribution in [-0.2, 0) is 0 Å². The van der Waals surface area contributed by atoms with E-state index >= 15 is 0 Å². The van der Waals surface area contributed by atoms with E-state index in [2.05, 4.69) is 0 Å². The molecule has 0 heterocycles. The molecule has 0 aromatic heterocycles. The molecule has 0 unspecified atom stereocenters. The van der Waals surface area contributed by atoms with Crippen molar-refractivity contribution in [1.82, 2.24) is 0 Å². The molecule has 0 fully saturated rings. The molecular weight excluding hydrogens is 310 g/mol. The molecule has 0 N–H and O–H groups in total. The average molecular weight is 327 g/mol. The lowest BCUT2D eigenvalue weighted by Crippen LogP contribution is -1.96. The second kappa shape index (κ2) is 7.92. The summed E-state index contributed by atoms with van der Waals surface area (Å²) in [5.74, 6) is 0.676. The van der Waals surface area contributed by atoms with Crippen LogP contribution in [-0.4, -0.2) is 24.4 Å².